The predicted octanol–water partition coefficient (Wildman–Crippen LogP) is 3.96. The average molecular weight is 261 g/mol. The van der Waals surface area contributed by atoms with E-state index in [1.165, 1.54) is 0 Å². The zero-order chi connectivity index (χ0) is 12.8. The summed E-state index contributed by atoms with van der Waals surface area (Å²) in [5, 5.41) is 1.09. The molecule has 1 atom stereocenters. The van der Waals surface area contributed by atoms with Crippen molar-refractivity contribution in [3.8, 4) is 5.75 Å². The van der Waals surface area contributed by atoms with E-state index in [1.54, 1.807) is 6.20 Å². The molecule has 0 radical (unpaired) electrons. The molecule has 0 bridgehead atoms. The molecule has 1 unspecified atom stereocenters. The first-order chi connectivity index (χ1) is 8.81. The van der Waals surface area contributed by atoms with E-state index in [0.717, 1.165) is 41.9 Å². The molecule has 0 aliphatic carbocycles. The van der Waals surface area contributed by atoms with Crippen LogP contribution in [0.15, 0.2) is 36.5 Å². The fourth-order valence-corrected chi connectivity index (χ4v) is 2.38. The van der Waals surface area contributed by atoms with Crippen molar-refractivity contribution in [2.45, 2.75) is 19.8 Å². The molecule has 0 saturated carbocycles. The molecule has 18 heavy (non-hydrogen) atoms. The van der Waals surface area contributed by atoms with Gasteiger partial charge in [-0.15, -0.1) is 0 Å². The number of hydrogen-bond acceptors (Lipinski definition) is 3. The zero-order valence-electron chi connectivity index (χ0n) is 10.7. The molecular formula is C15H19NOS. The van der Waals surface area contributed by atoms with Crippen LogP contribution in [0.25, 0.3) is 10.9 Å². The Morgan fingerprint density at radius 1 is 1.22 bits per heavy atom. The van der Waals surface area contributed by atoms with Crippen LogP contribution in [-0.4, -0.2) is 17.3 Å². The highest BCUT2D eigenvalue weighted by Gasteiger charge is 2.04. The Hall–Kier alpha value is -1.22. The van der Waals surface area contributed by atoms with Gasteiger partial charge in [0, 0.05) is 11.6 Å². The Morgan fingerprint density at radius 3 is 2.94 bits per heavy atom. The molecule has 0 spiro atoms. The van der Waals surface area contributed by atoms with Crippen LogP contribution in [0, 0.1) is 5.92 Å². The smallest absolute Gasteiger partial charge is 0.128 e. The topological polar surface area (TPSA) is 22.1 Å². The van der Waals surface area contributed by atoms with Crippen molar-refractivity contribution in [3.63, 3.8) is 0 Å². The normalized spacial score (nSPS) is 12.6. The summed E-state index contributed by atoms with van der Waals surface area (Å²) in [4.78, 5) is 4.32. The first-order valence-corrected chi connectivity index (χ1v) is 7.02. The van der Waals surface area contributed by atoms with E-state index in [-0.39, 0.29) is 0 Å². The van der Waals surface area contributed by atoms with Crippen molar-refractivity contribution in [1.82, 2.24) is 4.98 Å². The van der Waals surface area contributed by atoms with Crippen LogP contribution in [0.1, 0.15) is 19.8 Å². The van der Waals surface area contributed by atoms with E-state index in [9.17, 15) is 0 Å². The number of ether oxygens (including phenoxy) is 1. The van der Waals surface area contributed by atoms with Gasteiger partial charge in [-0.1, -0.05) is 13.0 Å². The van der Waals surface area contributed by atoms with Gasteiger partial charge in [-0.2, -0.15) is 12.6 Å². The maximum atomic E-state index is 5.87. The molecule has 0 aliphatic rings. The molecule has 2 rings (SSSR count). The highest BCUT2D eigenvalue weighted by Crippen LogP contribution is 2.24. The Balaban J connectivity index is 1.99. The highest BCUT2D eigenvalue weighted by atomic mass is 32.1. The lowest BCUT2D eigenvalue weighted by molar-refractivity contribution is 0.285. The van der Waals surface area contributed by atoms with Crippen molar-refractivity contribution in [1.29, 1.82) is 0 Å². The summed E-state index contributed by atoms with van der Waals surface area (Å²) >= 11 is 4.25. The van der Waals surface area contributed by atoms with E-state index in [0.29, 0.717) is 5.92 Å². The summed E-state index contributed by atoms with van der Waals surface area (Å²) in [6.45, 7) is 2.99. The predicted molar refractivity (Wildman–Crippen MR) is 79.5 cm³/mol. The second-order valence-corrected chi connectivity index (χ2v) is 5.03. The van der Waals surface area contributed by atoms with Crippen LogP contribution in [0.2, 0.25) is 0 Å². The quantitative estimate of drug-likeness (QED) is 0.795. The van der Waals surface area contributed by atoms with Gasteiger partial charge in [-0.25, -0.2) is 0 Å². The summed E-state index contributed by atoms with van der Waals surface area (Å²) in [6, 6.07) is 9.99. The molecule has 1 aromatic carbocycles. The third kappa shape index (κ3) is 3.39. The second-order valence-electron chi connectivity index (χ2n) is 4.58. The molecule has 96 valence electrons. The Bertz CT molecular complexity index is 495. The van der Waals surface area contributed by atoms with Crippen LogP contribution in [0.5, 0.6) is 5.75 Å². The van der Waals surface area contributed by atoms with E-state index in [1.807, 2.05) is 24.3 Å². The number of thiol groups is 1. The van der Waals surface area contributed by atoms with Gasteiger partial charge in [-0.3, -0.25) is 4.98 Å². The van der Waals surface area contributed by atoms with E-state index >= 15 is 0 Å². The van der Waals surface area contributed by atoms with E-state index in [2.05, 4.69) is 30.6 Å². The molecule has 0 amide bonds. The van der Waals surface area contributed by atoms with Crippen molar-refractivity contribution in [2.75, 3.05) is 12.4 Å². The Labute approximate surface area is 114 Å². The Kier molecular flexibility index (Phi) is 4.88. The summed E-state index contributed by atoms with van der Waals surface area (Å²) in [5.74, 6) is 2.54. The number of fused-ring (bicyclic) bond motifs is 1. The zero-order valence-corrected chi connectivity index (χ0v) is 11.6. The molecule has 1 aromatic heterocycles. The minimum absolute atomic E-state index is 0.663. The number of pyridine rings is 1. The largest absolute Gasteiger partial charge is 0.493 e. The summed E-state index contributed by atoms with van der Waals surface area (Å²) in [5.41, 5.74) is 0.985. The van der Waals surface area contributed by atoms with Crippen molar-refractivity contribution < 1.29 is 4.74 Å². The minimum atomic E-state index is 0.663. The molecule has 0 saturated heterocycles. The monoisotopic (exact) mass is 261 g/mol. The number of hydrogen-bond donors (Lipinski definition) is 1. The number of aromatic nitrogens is 1. The van der Waals surface area contributed by atoms with E-state index < -0.39 is 0 Å². The van der Waals surface area contributed by atoms with E-state index in [4.69, 9.17) is 4.74 Å². The van der Waals surface area contributed by atoms with Crippen molar-refractivity contribution >= 4 is 23.5 Å². The molecular weight excluding hydrogens is 242 g/mol. The first-order valence-electron chi connectivity index (χ1n) is 6.38. The lowest BCUT2D eigenvalue weighted by Crippen LogP contribution is -2.05. The van der Waals surface area contributed by atoms with Crippen LogP contribution in [0.3, 0.4) is 0 Å². The third-order valence-electron chi connectivity index (χ3n) is 3.10. The molecule has 0 N–H and O–H groups in total. The molecule has 0 aliphatic heterocycles. The molecule has 3 heteroatoms. The maximum Gasteiger partial charge on any atom is 0.128 e. The summed E-state index contributed by atoms with van der Waals surface area (Å²) in [7, 11) is 0. The number of rotatable bonds is 6. The van der Waals surface area contributed by atoms with Gasteiger partial charge in [0.1, 0.15) is 5.75 Å². The minimum Gasteiger partial charge on any atom is -0.493 e. The number of benzene rings is 1. The standard InChI is InChI=1S/C15H19NOS/c1-12(8-11-18)7-10-17-15-6-2-5-14-13(15)4-3-9-16-14/h2-6,9,12,18H,7-8,10-11H2,1H3. The fourth-order valence-electron chi connectivity index (χ4n) is 1.94. The average Bonchev–Trinajstić information content (AvgIpc) is 2.39. The Morgan fingerprint density at radius 2 is 2.11 bits per heavy atom. The van der Waals surface area contributed by atoms with Gasteiger partial charge in [0.25, 0.3) is 0 Å². The van der Waals surface area contributed by atoms with Crippen molar-refractivity contribution in [3.05, 3.63) is 36.5 Å². The number of nitrogens with zero attached hydrogens (tertiary/aromatic N) is 1. The van der Waals surface area contributed by atoms with Gasteiger partial charge in [0.05, 0.1) is 12.1 Å². The SMILES string of the molecule is CC(CCS)CCOc1cccc2ncccc12. The molecule has 1 heterocycles. The van der Waals surface area contributed by atoms with Crippen LogP contribution in [0.4, 0.5) is 0 Å². The van der Waals surface area contributed by atoms with Gasteiger partial charge in [-0.05, 0) is 48.8 Å². The molecule has 2 nitrogen and oxygen atoms in total. The van der Waals surface area contributed by atoms with Gasteiger partial charge in [0.15, 0.2) is 0 Å². The summed E-state index contributed by atoms with van der Waals surface area (Å²) < 4.78 is 5.87. The second kappa shape index (κ2) is 6.64. The molecule has 2 aromatic rings. The van der Waals surface area contributed by atoms with Crippen molar-refractivity contribution in [2.24, 2.45) is 5.92 Å². The van der Waals surface area contributed by atoms with Crippen LogP contribution in [-0.2, 0) is 0 Å². The van der Waals surface area contributed by atoms with Crippen LogP contribution >= 0.6 is 12.6 Å². The van der Waals surface area contributed by atoms with Gasteiger partial charge in [0.2, 0.25) is 0 Å². The highest BCUT2D eigenvalue weighted by molar-refractivity contribution is 7.80. The van der Waals surface area contributed by atoms with Gasteiger partial charge >= 0.3 is 0 Å². The lowest BCUT2D eigenvalue weighted by atomic mass is 10.1. The fraction of sp³-hybridized carbons (Fsp3) is 0.400. The van der Waals surface area contributed by atoms with Gasteiger partial charge < -0.3 is 4.74 Å². The molecule has 0 fully saturated rings. The lowest BCUT2D eigenvalue weighted by Gasteiger charge is -2.12. The third-order valence-corrected chi connectivity index (χ3v) is 3.35. The summed E-state index contributed by atoms with van der Waals surface area (Å²) in [6.07, 6.45) is 4.02. The van der Waals surface area contributed by atoms with Crippen LogP contribution < -0.4 is 4.74 Å². The maximum absolute atomic E-state index is 5.87. The first kappa shape index (κ1) is 13.2.